The summed E-state index contributed by atoms with van der Waals surface area (Å²) in [7, 11) is 0. The number of rotatable bonds is 3. The molecule has 2 rings (SSSR count). The minimum atomic E-state index is -0.368. The first-order valence-electron chi connectivity index (χ1n) is 6.97. The third-order valence-corrected chi connectivity index (χ3v) is 4.15. The summed E-state index contributed by atoms with van der Waals surface area (Å²) in [6.07, 6.45) is 4.64. The van der Waals surface area contributed by atoms with Crippen molar-refractivity contribution in [2.75, 3.05) is 0 Å². The highest BCUT2D eigenvalue weighted by Crippen LogP contribution is 2.30. The van der Waals surface area contributed by atoms with Gasteiger partial charge in [-0.1, -0.05) is 28.8 Å². The van der Waals surface area contributed by atoms with Crippen molar-refractivity contribution in [3.05, 3.63) is 28.2 Å². The van der Waals surface area contributed by atoms with Gasteiger partial charge in [0, 0.05) is 16.1 Å². The van der Waals surface area contributed by atoms with Crippen LogP contribution in [0.2, 0.25) is 0 Å². The number of benzene rings is 1. The molecule has 0 saturated heterocycles. The van der Waals surface area contributed by atoms with E-state index in [-0.39, 0.29) is 18.2 Å². The largest absolute Gasteiger partial charge is 0.487 e. The quantitative estimate of drug-likeness (QED) is 0.835. The number of halogens is 1. The predicted octanol–water partition coefficient (Wildman–Crippen LogP) is 3.54. The second-order valence-corrected chi connectivity index (χ2v) is 6.25. The minimum absolute atomic E-state index is 0.0876. The molecule has 1 saturated carbocycles. The molecule has 1 aromatic carbocycles. The number of hydrogen-bond acceptors (Lipinski definition) is 3. The second kappa shape index (κ2) is 6.73. The molecular formula is C15H22BrNO2. The molecule has 0 aliphatic heterocycles. The lowest BCUT2D eigenvalue weighted by Crippen LogP contribution is -2.31. The van der Waals surface area contributed by atoms with Crippen molar-refractivity contribution in [3.63, 3.8) is 0 Å². The Hall–Kier alpha value is -0.580. The van der Waals surface area contributed by atoms with E-state index >= 15 is 0 Å². The summed E-state index contributed by atoms with van der Waals surface area (Å²) in [6, 6.07) is 5.78. The van der Waals surface area contributed by atoms with E-state index in [9.17, 15) is 5.11 Å². The Bertz CT molecular complexity index is 423. The van der Waals surface area contributed by atoms with E-state index in [0.29, 0.717) is 0 Å². The zero-order valence-corrected chi connectivity index (χ0v) is 12.9. The van der Waals surface area contributed by atoms with E-state index in [1.807, 2.05) is 25.1 Å². The number of aliphatic hydroxyl groups is 1. The van der Waals surface area contributed by atoms with Crippen LogP contribution < -0.4 is 10.5 Å². The molecule has 1 aliphatic carbocycles. The van der Waals surface area contributed by atoms with E-state index in [4.69, 9.17) is 10.5 Å². The zero-order valence-electron chi connectivity index (χ0n) is 11.3. The molecule has 3 unspecified atom stereocenters. The molecular weight excluding hydrogens is 306 g/mol. The third-order valence-electron chi connectivity index (χ3n) is 3.66. The summed E-state index contributed by atoms with van der Waals surface area (Å²) in [5.41, 5.74) is 6.97. The zero-order chi connectivity index (χ0) is 13.8. The molecule has 1 aliphatic rings. The Balaban J connectivity index is 2.17. The van der Waals surface area contributed by atoms with Gasteiger partial charge in [0.05, 0.1) is 6.10 Å². The van der Waals surface area contributed by atoms with Crippen LogP contribution in [0.5, 0.6) is 5.75 Å². The average Bonchev–Trinajstić information content (AvgIpc) is 2.57. The fourth-order valence-corrected chi connectivity index (χ4v) is 2.92. The maximum Gasteiger partial charge on any atom is 0.124 e. The van der Waals surface area contributed by atoms with Gasteiger partial charge in [0.2, 0.25) is 0 Å². The Labute approximate surface area is 123 Å². The lowest BCUT2D eigenvalue weighted by molar-refractivity contribution is 0.0313. The van der Waals surface area contributed by atoms with Crippen LogP contribution in [0.15, 0.2) is 22.7 Å². The first kappa shape index (κ1) is 14.8. The highest BCUT2D eigenvalue weighted by molar-refractivity contribution is 9.10. The van der Waals surface area contributed by atoms with Gasteiger partial charge in [0.15, 0.2) is 0 Å². The molecule has 106 valence electrons. The van der Waals surface area contributed by atoms with E-state index in [1.165, 1.54) is 6.42 Å². The number of nitrogens with two attached hydrogens (primary N) is 1. The van der Waals surface area contributed by atoms with Gasteiger partial charge in [0.1, 0.15) is 11.9 Å². The van der Waals surface area contributed by atoms with Crippen molar-refractivity contribution in [3.8, 4) is 5.75 Å². The first-order chi connectivity index (χ1) is 9.08. The molecule has 19 heavy (non-hydrogen) atoms. The van der Waals surface area contributed by atoms with Crippen LogP contribution in [0, 0.1) is 0 Å². The van der Waals surface area contributed by atoms with Crippen molar-refractivity contribution < 1.29 is 9.84 Å². The van der Waals surface area contributed by atoms with Gasteiger partial charge in [-0.25, -0.2) is 0 Å². The van der Waals surface area contributed by atoms with Crippen molar-refractivity contribution in [2.24, 2.45) is 5.73 Å². The number of hydrogen-bond donors (Lipinski definition) is 2. The Morgan fingerprint density at radius 1 is 1.32 bits per heavy atom. The Kier molecular flexibility index (Phi) is 5.25. The molecule has 3 nitrogen and oxygen atoms in total. The maximum absolute atomic E-state index is 10.1. The normalized spacial score (nSPS) is 25.7. The first-order valence-corrected chi connectivity index (χ1v) is 7.77. The summed E-state index contributed by atoms with van der Waals surface area (Å²) in [4.78, 5) is 0. The van der Waals surface area contributed by atoms with E-state index < -0.39 is 0 Å². The van der Waals surface area contributed by atoms with Gasteiger partial charge in [-0.05, 0) is 44.4 Å². The molecule has 0 aromatic heterocycles. The lowest BCUT2D eigenvalue weighted by atomic mass is 10.1. The smallest absolute Gasteiger partial charge is 0.124 e. The van der Waals surface area contributed by atoms with Crippen LogP contribution in [-0.4, -0.2) is 17.3 Å². The Morgan fingerprint density at radius 3 is 2.79 bits per heavy atom. The summed E-state index contributed by atoms with van der Waals surface area (Å²) < 4.78 is 7.04. The lowest BCUT2D eigenvalue weighted by Gasteiger charge is -2.24. The van der Waals surface area contributed by atoms with Crippen LogP contribution in [0.3, 0.4) is 0 Å². The van der Waals surface area contributed by atoms with Crippen LogP contribution >= 0.6 is 15.9 Å². The molecule has 0 amide bonds. The minimum Gasteiger partial charge on any atom is -0.487 e. The van der Waals surface area contributed by atoms with Gasteiger partial charge in [-0.15, -0.1) is 0 Å². The van der Waals surface area contributed by atoms with Crippen molar-refractivity contribution in [2.45, 2.75) is 57.3 Å². The summed E-state index contributed by atoms with van der Waals surface area (Å²) >= 11 is 3.45. The molecule has 1 aromatic rings. The number of aliphatic hydroxyl groups excluding tert-OH is 1. The standard InChI is InChI=1S/C15H22BrNO2/c1-10(17)12-9-11(16)7-8-14(12)19-15-6-4-2-3-5-13(15)18/h7-10,13,15,18H,2-6,17H2,1H3. The average molecular weight is 328 g/mol. The predicted molar refractivity (Wildman–Crippen MR) is 80.3 cm³/mol. The molecule has 4 heteroatoms. The highest BCUT2D eigenvalue weighted by Gasteiger charge is 2.24. The molecule has 0 bridgehead atoms. The maximum atomic E-state index is 10.1. The Morgan fingerprint density at radius 2 is 2.05 bits per heavy atom. The second-order valence-electron chi connectivity index (χ2n) is 5.33. The van der Waals surface area contributed by atoms with Crippen molar-refractivity contribution >= 4 is 15.9 Å². The van der Waals surface area contributed by atoms with Crippen LogP contribution in [0.4, 0.5) is 0 Å². The van der Waals surface area contributed by atoms with Gasteiger partial charge in [-0.2, -0.15) is 0 Å². The summed E-state index contributed by atoms with van der Waals surface area (Å²) in [6.45, 7) is 1.94. The van der Waals surface area contributed by atoms with Crippen LogP contribution in [0.25, 0.3) is 0 Å². The van der Waals surface area contributed by atoms with Crippen molar-refractivity contribution in [1.29, 1.82) is 0 Å². The fourth-order valence-electron chi connectivity index (χ4n) is 2.54. The van der Waals surface area contributed by atoms with Gasteiger partial charge in [-0.3, -0.25) is 0 Å². The summed E-state index contributed by atoms with van der Waals surface area (Å²) in [5.74, 6) is 0.796. The van der Waals surface area contributed by atoms with Crippen molar-refractivity contribution in [1.82, 2.24) is 0 Å². The molecule has 3 N–H and O–H groups in total. The molecule has 0 heterocycles. The van der Waals surface area contributed by atoms with Crippen LogP contribution in [-0.2, 0) is 0 Å². The molecule has 0 spiro atoms. The number of ether oxygens (including phenoxy) is 1. The monoisotopic (exact) mass is 327 g/mol. The van der Waals surface area contributed by atoms with Gasteiger partial charge < -0.3 is 15.6 Å². The van der Waals surface area contributed by atoms with Crippen LogP contribution in [0.1, 0.15) is 50.6 Å². The molecule has 3 atom stereocenters. The summed E-state index contributed by atoms with van der Waals surface area (Å²) in [5, 5.41) is 10.1. The topological polar surface area (TPSA) is 55.5 Å². The van der Waals surface area contributed by atoms with E-state index in [1.54, 1.807) is 0 Å². The van der Waals surface area contributed by atoms with Gasteiger partial charge in [0.25, 0.3) is 0 Å². The fraction of sp³-hybridized carbons (Fsp3) is 0.600. The molecule has 0 radical (unpaired) electrons. The van der Waals surface area contributed by atoms with E-state index in [0.717, 1.165) is 41.5 Å². The molecule has 1 fully saturated rings. The SMILES string of the molecule is CC(N)c1cc(Br)ccc1OC1CCCCCC1O. The van der Waals surface area contributed by atoms with Gasteiger partial charge >= 0.3 is 0 Å². The highest BCUT2D eigenvalue weighted by atomic mass is 79.9. The van der Waals surface area contributed by atoms with E-state index in [2.05, 4.69) is 15.9 Å². The third kappa shape index (κ3) is 3.94.